The summed E-state index contributed by atoms with van der Waals surface area (Å²) in [4.78, 5) is 40.4. The van der Waals surface area contributed by atoms with Crippen LogP contribution in [0.15, 0.2) is 0 Å². The molecule has 0 bridgehead atoms. The second-order valence-corrected chi connectivity index (χ2v) is 8.11. The lowest BCUT2D eigenvalue weighted by Crippen LogP contribution is -2.47. The van der Waals surface area contributed by atoms with Gasteiger partial charge in [-0.1, -0.05) is 13.8 Å². The minimum Gasteiger partial charge on any atom is -0.341 e. The first-order valence-electron chi connectivity index (χ1n) is 9.25. The Morgan fingerprint density at radius 1 is 1.21 bits per heavy atom. The fourth-order valence-electron chi connectivity index (χ4n) is 4.07. The number of rotatable bonds is 4. The molecular weight excluding hydrogens is 306 g/mol. The molecule has 1 N–H and O–H groups in total. The number of amides is 4. The van der Waals surface area contributed by atoms with Crippen LogP contribution in [0.2, 0.25) is 0 Å². The number of likely N-dealkylation sites (tertiary alicyclic amines) is 1. The van der Waals surface area contributed by atoms with Gasteiger partial charge in [0.05, 0.1) is 0 Å². The Morgan fingerprint density at radius 2 is 1.92 bits per heavy atom. The minimum absolute atomic E-state index is 0.108. The van der Waals surface area contributed by atoms with E-state index < -0.39 is 11.6 Å². The van der Waals surface area contributed by atoms with Crippen molar-refractivity contribution in [2.45, 2.75) is 58.4 Å². The van der Waals surface area contributed by atoms with Gasteiger partial charge in [0.1, 0.15) is 12.1 Å². The fraction of sp³-hybridized carbons (Fsp3) is 0.833. The third kappa shape index (κ3) is 3.15. The maximum Gasteiger partial charge on any atom is 0.325 e. The molecule has 2 unspecified atom stereocenters. The summed E-state index contributed by atoms with van der Waals surface area (Å²) < 4.78 is 0. The maximum absolute atomic E-state index is 12.6. The Balaban J connectivity index is 1.60. The first-order valence-corrected chi connectivity index (χ1v) is 9.25. The van der Waals surface area contributed by atoms with Crippen LogP contribution in [0.25, 0.3) is 0 Å². The number of urea groups is 1. The molecule has 24 heavy (non-hydrogen) atoms. The molecular formula is C18H29N3O3. The van der Waals surface area contributed by atoms with Crippen LogP contribution in [0.1, 0.15) is 52.9 Å². The summed E-state index contributed by atoms with van der Waals surface area (Å²) in [7, 11) is 0. The second kappa shape index (κ2) is 6.37. The molecule has 4 amide bonds. The van der Waals surface area contributed by atoms with E-state index in [4.69, 9.17) is 0 Å². The smallest absolute Gasteiger partial charge is 0.325 e. The molecule has 0 spiro atoms. The normalized spacial score (nSPS) is 31.4. The van der Waals surface area contributed by atoms with Crippen molar-refractivity contribution < 1.29 is 14.4 Å². The van der Waals surface area contributed by atoms with E-state index in [1.165, 1.54) is 0 Å². The number of hydrogen-bond acceptors (Lipinski definition) is 3. The van der Waals surface area contributed by atoms with Crippen molar-refractivity contribution in [1.82, 2.24) is 15.1 Å². The lowest BCUT2D eigenvalue weighted by molar-refractivity contribution is -0.139. The summed E-state index contributed by atoms with van der Waals surface area (Å²) in [5.74, 6) is 1.16. The topological polar surface area (TPSA) is 69.7 Å². The summed E-state index contributed by atoms with van der Waals surface area (Å²) in [5.41, 5.74) is -0.807. The minimum atomic E-state index is -0.807. The third-order valence-electron chi connectivity index (χ3n) is 6.06. The highest BCUT2D eigenvalue weighted by molar-refractivity contribution is 6.09. The number of carbonyl (C=O) groups excluding carboxylic acids is 3. The maximum atomic E-state index is 12.6. The molecule has 134 valence electrons. The van der Waals surface area contributed by atoms with Gasteiger partial charge in [0, 0.05) is 13.1 Å². The second-order valence-electron chi connectivity index (χ2n) is 8.11. The van der Waals surface area contributed by atoms with Gasteiger partial charge in [0.15, 0.2) is 0 Å². The van der Waals surface area contributed by atoms with Crippen molar-refractivity contribution in [3.63, 3.8) is 0 Å². The van der Waals surface area contributed by atoms with Gasteiger partial charge in [-0.05, 0) is 56.8 Å². The van der Waals surface area contributed by atoms with E-state index in [2.05, 4.69) is 19.2 Å². The average Bonchev–Trinajstić information content (AvgIpc) is 3.34. The average molecular weight is 335 g/mol. The Kier molecular flexibility index (Phi) is 4.58. The van der Waals surface area contributed by atoms with Crippen LogP contribution in [0.5, 0.6) is 0 Å². The van der Waals surface area contributed by atoms with E-state index in [-0.39, 0.29) is 24.3 Å². The fourth-order valence-corrected chi connectivity index (χ4v) is 4.07. The Labute approximate surface area is 143 Å². The lowest BCUT2D eigenvalue weighted by Gasteiger charge is -2.24. The van der Waals surface area contributed by atoms with Gasteiger partial charge in [0.25, 0.3) is 5.91 Å². The van der Waals surface area contributed by atoms with Crippen LogP contribution >= 0.6 is 0 Å². The molecule has 2 aliphatic heterocycles. The number of hydrogen-bond donors (Lipinski definition) is 1. The zero-order valence-electron chi connectivity index (χ0n) is 15.0. The zero-order chi connectivity index (χ0) is 17.5. The molecule has 0 aromatic rings. The molecule has 3 fully saturated rings. The number of nitrogens with one attached hydrogen (secondary N) is 1. The highest BCUT2D eigenvalue weighted by Crippen LogP contribution is 2.42. The van der Waals surface area contributed by atoms with Crippen molar-refractivity contribution in [3.8, 4) is 0 Å². The highest BCUT2D eigenvalue weighted by Gasteiger charge is 2.56. The summed E-state index contributed by atoms with van der Waals surface area (Å²) in [6, 6.07) is -0.419. The monoisotopic (exact) mass is 335 g/mol. The Bertz CT molecular complexity index is 544. The molecule has 0 aromatic heterocycles. The quantitative estimate of drug-likeness (QED) is 0.799. The SMILES string of the molecule is CC(C)C1CCCN(C(=O)CN2C(=O)NC(C)(C3CC3)C2=O)CC1. The lowest BCUT2D eigenvalue weighted by atomic mass is 9.89. The van der Waals surface area contributed by atoms with E-state index in [1.54, 1.807) is 6.92 Å². The summed E-state index contributed by atoms with van der Waals surface area (Å²) in [5, 5.41) is 2.80. The van der Waals surface area contributed by atoms with Gasteiger partial charge >= 0.3 is 6.03 Å². The summed E-state index contributed by atoms with van der Waals surface area (Å²) in [6.45, 7) is 7.58. The van der Waals surface area contributed by atoms with E-state index in [1.807, 2.05) is 4.90 Å². The van der Waals surface area contributed by atoms with E-state index in [9.17, 15) is 14.4 Å². The van der Waals surface area contributed by atoms with Crippen LogP contribution < -0.4 is 5.32 Å². The molecule has 3 rings (SSSR count). The van der Waals surface area contributed by atoms with Gasteiger partial charge < -0.3 is 10.2 Å². The molecule has 2 saturated heterocycles. The van der Waals surface area contributed by atoms with E-state index >= 15 is 0 Å². The van der Waals surface area contributed by atoms with Crippen LogP contribution in [0.3, 0.4) is 0 Å². The molecule has 2 atom stereocenters. The van der Waals surface area contributed by atoms with Gasteiger partial charge in [-0.25, -0.2) is 4.79 Å². The van der Waals surface area contributed by atoms with Crippen LogP contribution in [-0.4, -0.2) is 52.8 Å². The summed E-state index contributed by atoms with van der Waals surface area (Å²) in [6.07, 6.45) is 5.07. The van der Waals surface area contributed by atoms with Gasteiger partial charge in [-0.2, -0.15) is 0 Å². The van der Waals surface area contributed by atoms with Gasteiger partial charge in [-0.3, -0.25) is 14.5 Å². The van der Waals surface area contributed by atoms with Gasteiger partial charge in [0.2, 0.25) is 5.91 Å². The standard InChI is InChI=1S/C18H29N3O3/c1-12(2)13-5-4-9-20(10-8-13)15(22)11-21-16(23)18(3,14-6-7-14)19-17(21)24/h12-14H,4-11H2,1-3H3,(H,19,24). The van der Waals surface area contributed by atoms with E-state index in [0.717, 1.165) is 50.1 Å². The van der Waals surface area contributed by atoms with Crippen molar-refractivity contribution in [3.05, 3.63) is 0 Å². The first kappa shape index (κ1) is 17.2. The molecule has 0 aromatic carbocycles. The summed E-state index contributed by atoms with van der Waals surface area (Å²) >= 11 is 0. The largest absolute Gasteiger partial charge is 0.341 e. The highest BCUT2D eigenvalue weighted by atomic mass is 16.2. The van der Waals surface area contributed by atoms with Crippen molar-refractivity contribution >= 4 is 17.8 Å². The van der Waals surface area contributed by atoms with Crippen LogP contribution in [-0.2, 0) is 9.59 Å². The Morgan fingerprint density at radius 3 is 2.54 bits per heavy atom. The van der Waals surface area contributed by atoms with Crippen molar-refractivity contribution in [1.29, 1.82) is 0 Å². The molecule has 3 aliphatic rings. The van der Waals surface area contributed by atoms with E-state index in [0.29, 0.717) is 11.8 Å². The predicted octanol–water partition coefficient (Wildman–Crippen LogP) is 1.99. The molecule has 1 saturated carbocycles. The third-order valence-corrected chi connectivity index (χ3v) is 6.06. The number of carbonyl (C=O) groups is 3. The number of nitrogens with zero attached hydrogens (tertiary/aromatic N) is 2. The van der Waals surface area contributed by atoms with Gasteiger partial charge in [-0.15, -0.1) is 0 Å². The van der Waals surface area contributed by atoms with Crippen LogP contribution in [0.4, 0.5) is 4.79 Å². The molecule has 1 aliphatic carbocycles. The first-order chi connectivity index (χ1) is 11.3. The van der Waals surface area contributed by atoms with Crippen LogP contribution in [0, 0.1) is 17.8 Å². The molecule has 6 nitrogen and oxygen atoms in total. The molecule has 6 heteroatoms. The molecule has 2 heterocycles. The predicted molar refractivity (Wildman–Crippen MR) is 90.1 cm³/mol. The van der Waals surface area contributed by atoms with Crippen molar-refractivity contribution in [2.24, 2.45) is 17.8 Å². The Hall–Kier alpha value is -1.59. The molecule has 0 radical (unpaired) electrons. The zero-order valence-corrected chi connectivity index (χ0v) is 15.0. The number of imide groups is 1. The van der Waals surface area contributed by atoms with Crippen molar-refractivity contribution in [2.75, 3.05) is 19.6 Å².